The Bertz CT molecular complexity index is 794. The molecule has 0 amide bonds. The Hall–Kier alpha value is -1.52. The molecule has 2 aromatic rings. The first kappa shape index (κ1) is 14.1. The summed E-state index contributed by atoms with van der Waals surface area (Å²) in [5.41, 5.74) is 5.74. The molecule has 0 spiro atoms. The van der Waals surface area contributed by atoms with Crippen LogP contribution < -0.4 is 11.3 Å². The molecule has 118 valence electrons. The van der Waals surface area contributed by atoms with Gasteiger partial charge in [-0.15, -0.1) is 0 Å². The van der Waals surface area contributed by atoms with Crippen molar-refractivity contribution in [3.05, 3.63) is 16.7 Å². The molecule has 0 aliphatic carbocycles. The molecule has 0 aromatic carbocycles. The van der Waals surface area contributed by atoms with Crippen LogP contribution in [0.5, 0.6) is 0 Å². The minimum absolute atomic E-state index is 0.0181. The molecular weight excluding hydrogens is 312 g/mol. The third kappa shape index (κ3) is 2.22. The third-order valence-corrected chi connectivity index (χ3v) is 5.27. The van der Waals surface area contributed by atoms with Crippen molar-refractivity contribution in [2.24, 2.45) is 0 Å². The predicted octanol–water partition coefficient (Wildman–Crippen LogP) is -1.56. The van der Waals surface area contributed by atoms with E-state index in [9.17, 15) is 9.69 Å². The first-order valence-corrected chi connectivity index (χ1v) is 9.11. The number of ether oxygens (including phenoxy) is 1. The number of aromatic nitrogens is 4. The zero-order chi connectivity index (χ0) is 15.5. The first-order valence-electron chi connectivity index (χ1n) is 6.85. The van der Waals surface area contributed by atoms with Gasteiger partial charge in [0.15, 0.2) is 0 Å². The van der Waals surface area contributed by atoms with Crippen LogP contribution in [0.25, 0.3) is 11.2 Å². The first-order chi connectivity index (χ1) is 10.4. The zero-order valence-electron chi connectivity index (χ0n) is 11.7. The summed E-state index contributed by atoms with van der Waals surface area (Å²) in [6.45, 7) is 0.281. The maximum absolute atomic E-state index is 11.8. The molecule has 2 aromatic heterocycles. The third-order valence-electron chi connectivity index (χ3n) is 3.83. The van der Waals surface area contributed by atoms with E-state index in [0.717, 1.165) is 0 Å². The number of imidazole rings is 1. The molecule has 0 unspecified atom stereocenters. The topological polar surface area (TPSA) is 138 Å². The molecule has 22 heavy (non-hydrogen) atoms. The molecule has 0 radical (unpaired) electrons. The van der Waals surface area contributed by atoms with Gasteiger partial charge in [-0.2, -0.15) is 0 Å². The number of fused-ring (bicyclic) bond motifs is 2. The van der Waals surface area contributed by atoms with E-state index in [2.05, 4.69) is 15.0 Å². The quantitative estimate of drug-likeness (QED) is 0.422. The van der Waals surface area contributed by atoms with Crippen LogP contribution in [0.2, 0.25) is 0 Å². The average molecular weight is 327 g/mol. The van der Waals surface area contributed by atoms with Crippen LogP contribution in [0.1, 0.15) is 12.6 Å². The van der Waals surface area contributed by atoms with Crippen molar-refractivity contribution >= 4 is 32.5 Å². The van der Waals surface area contributed by atoms with Crippen LogP contribution in [0, 0.1) is 0 Å². The van der Waals surface area contributed by atoms with Gasteiger partial charge in [0.05, 0.1) is 0 Å². The van der Waals surface area contributed by atoms with Crippen molar-refractivity contribution in [2.75, 3.05) is 12.3 Å². The summed E-state index contributed by atoms with van der Waals surface area (Å²) in [6, 6.07) is 0. The van der Waals surface area contributed by atoms with Crippen LogP contribution in [0.4, 0.5) is 5.95 Å². The molecule has 4 heterocycles. The van der Waals surface area contributed by atoms with E-state index in [1.165, 1.54) is 6.33 Å². The fourth-order valence-electron chi connectivity index (χ4n) is 2.85. The Kier molecular flexibility index (Phi) is 3.04. The van der Waals surface area contributed by atoms with Crippen LogP contribution in [0.15, 0.2) is 11.1 Å². The summed E-state index contributed by atoms with van der Waals surface area (Å²) in [5.74, 6) is 0.0181. The number of H-pyrrole nitrogens is 1. The summed E-state index contributed by atoms with van der Waals surface area (Å²) >= 11 is 0. The fraction of sp³-hybridized carbons (Fsp3) is 0.500. The average Bonchev–Trinajstić information content (AvgIpc) is 3.00. The van der Waals surface area contributed by atoms with Gasteiger partial charge in [0.25, 0.3) is 0 Å². The van der Waals surface area contributed by atoms with Gasteiger partial charge >= 0.3 is 125 Å². The van der Waals surface area contributed by atoms with E-state index < -0.39 is 19.6 Å². The maximum atomic E-state index is 11.8. The Balaban J connectivity index is 1.68. The van der Waals surface area contributed by atoms with E-state index in [0.29, 0.717) is 12.1 Å². The number of nitrogens with two attached hydrogens (primary N) is 1. The second-order valence-corrected chi connectivity index (χ2v) is 7.83. The minimum atomic E-state index is -3.06. The molecule has 4 N–H and O–H groups in total. The SMILES string of the molecule is B[PH]1(O)OC[C@H]2O[C@@H](n3cnc4c(=O)[nH]c(N)nc43)C[C@@H]2O1. The second kappa shape index (κ2) is 4.74. The van der Waals surface area contributed by atoms with E-state index in [1.807, 2.05) is 0 Å². The van der Waals surface area contributed by atoms with Crippen molar-refractivity contribution in [1.82, 2.24) is 19.5 Å². The molecule has 3 atom stereocenters. The van der Waals surface area contributed by atoms with Gasteiger partial charge in [-0.05, 0) is 0 Å². The number of nitrogens with one attached hydrogen (secondary N) is 1. The normalized spacial score (nSPS) is 32.0. The number of hydrogen-bond acceptors (Lipinski definition) is 8. The molecular formula is C10H15BN5O5P. The molecule has 0 saturated carbocycles. The van der Waals surface area contributed by atoms with E-state index in [-0.39, 0.29) is 30.3 Å². The van der Waals surface area contributed by atoms with E-state index in [1.54, 1.807) is 12.1 Å². The number of anilines is 1. The van der Waals surface area contributed by atoms with Gasteiger partial charge in [0.1, 0.15) is 0 Å². The Labute approximate surface area is 125 Å². The zero-order valence-corrected chi connectivity index (χ0v) is 12.7. The van der Waals surface area contributed by atoms with Gasteiger partial charge in [-0.25, -0.2) is 0 Å². The summed E-state index contributed by atoms with van der Waals surface area (Å²) in [5, 5.41) is 0. The summed E-state index contributed by atoms with van der Waals surface area (Å²) in [7, 11) is -1.48. The molecule has 10 nitrogen and oxygen atoms in total. The van der Waals surface area contributed by atoms with E-state index >= 15 is 0 Å². The Morgan fingerprint density at radius 3 is 3.18 bits per heavy atom. The van der Waals surface area contributed by atoms with Crippen molar-refractivity contribution in [2.45, 2.75) is 24.9 Å². The number of nitrogen functional groups attached to an aromatic ring is 1. The monoisotopic (exact) mass is 327 g/mol. The van der Waals surface area contributed by atoms with Crippen molar-refractivity contribution in [1.29, 1.82) is 0 Å². The van der Waals surface area contributed by atoms with Gasteiger partial charge in [-0.1, -0.05) is 0 Å². The molecule has 2 aliphatic rings. The standard InChI is InChI=1S/C10H15BN5O5P/c11-22(18)19-2-5-4(21-22)1-6(20-5)16-3-13-7-8(16)14-10(12)15-9(7)17/h3-6,18,22H,1-2,11H2,(H3,12,14,15,17)/t4-,5+,6+/m0/s1. The van der Waals surface area contributed by atoms with Gasteiger partial charge < -0.3 is 0 Å². The molecule has 2 aliphatic heterocycles. The van der Waals surface area contributed by atoms with Crippen molar-refractivity contribution in [3.63, 3.8) is 0 Å². The summed E-state index contributed by atoms with van der Waals surface area (Å²) in [6.07, 6.45) is 1.08. The van der Waals surface area contributed by atoms with E-state index in [4.69, 9.17) is 19.5 Å². The number of rotatable bonds is 1. The van der Waals surface area contributed by atoms with Crippen LogP contribution in [0.3, 0.4) is 0 Å². The van der Waals surface area contributed by atoms with Gasteiger partial charge in [-0.3, -0.25) is 0 Å². The predicted molar refractivity (Wildman–Crippen MR) is 81.0 cm³/mol. The Morgan fingerprint density at radius 1 is 1.55 bits per heavy atom. The number of aromatic amines is 1. The summed E-state index contributed by atoms with van der Waals surface area (Å²) in [4.78, 5) is 32.3. The van der Waals surface area contributed by atoms with Gasteiger partial charge in [0, 0.05) is 0 Å². The fourth-order valence-corrected chi connectivity index (χ4v) is 4.20. The number of nitrogens with zero attached hydrogens (tertiary/aromatic N) is 3. The molecule has 4 rings (SSSR count). The second-order valence-electron chi connectivity index (χ2n) is 5.51. The van der Waals surface area contributed by atoms with Crippen LogP contribution in [-0.2, 0) is 13.8 Å². The molecule has 2 saturated heterocycles. The van der Waals surface area contributed by atoms with Crippen LogP contribution in [-0.4, -0.2) is 50.8 Å². The van der Waals surface area contributed by atoms with Crippen LogP contribution >= 0.6 is 7.82 Å². The molecule has 0 bridgehead atoms. The summed E-state index contributed by atoms with van der Waals surface area (Å²) < 4.78 is 18.4. The molecule has 12 heteroatoms. The molecule has 2 fully saturated rings. The van der Waals surface area contributed by atoms with Crippen molar-refractivity contribution in [3.8, 4) is 0 Å². The van der Waals surface area contributed by atoms with Gasteiger partial charge in [0.2, 0.25) is 0 Å². The van der Waals surface area contributed by atoms with Crippen molar-refractivity contribution < 1.29 is 18.7 Å². The number of hydrogen-bond donors (Lipinski definition) is 3. The Morgan fingerprint density at radius 2 is 2.36 bits per heavy atom.